The molecule has 0 radical (unpaired) electrons. The fourth-order valence-electron chi connectivity index (χ4n) is 9.87. The first-order valence-corrected chi connectivity index (χ1v) is 14.5. The second-order valence-corrected chi connectivity index (χ2v) is 13.7. The highest BCUT2D eigenvalue weighted by atomic mass is 16.7. The van der Waals surface area contributed by atoms with Crippen molar-refractivity contribution in [2.45, 2.75) is 121 Å². The van der Waals surface area contributed by atoms with Crippen molar-refractivity contribution in [3.05, 3.63) is 11.6 Å². The van der Waals surface area contributed by atoms with Gasteiger partial charge < -0.3 is 39.7 Å². The number of hydrogen-bond acceptors (Lipinski definition) is 9. The Morgan fingerprint density at radius 2 is 1.74 bits per heavy atom. The molecule has 4 saturated carbocycles. The van der Waals surface area contributed by atoms with E-state index in [2.05, 4.69) is 13.8 Å². The molecule has 1 saturated heterocycles. The summed E-state index contributed by atoms with van der Waals surface area (Å²) in [5.74, 6) is 1.09. The molecule has 6 rings (SSSR count). The molecule has 0 aromatic carbocycles. The monoisotopic (exact) mass is 536 g/mol. The molecule has 14 atom stereocenters. The lowest BCUT2D eigenvalue weighted by atomic mass is 9.42. The van der Waals surface area contributed by atoms with Gasteiger partial charge in [-0.1, -0.05) is 13.8 Å². The highest BCUT2D eigenvalue weighted by Crippen LogP contribution is 2.69. The molecule has 0 aromatic heterocycles. The Labute approximate surface area is 224 Å². The van der Waals surface area contributed by atoms with Crippen molar-refractivity contribution < 1.29 is 44.5 Å². The van der Waals surface area contributed by atoms with Crippen LogP contribution in [0.3, 0.4) is 0 Å². The van der Waals surface area contributed by atoms with Crippen LogP contribution in [0.5, 0.6) is 0 Å². The Balaban J connectivity index is 1.20. The normalized spacial score (nSPS) is 56.5. The van der Waals surface area contributed by atoms with E-state index in [-0.39, 0.29) is 23.7 Å². The van der Waals surface area contributed by atoms with Gasteiger partial charge in [-0.25, -0.2) is 4.79 Å². The van der Waals surface area contributed by atoms with Gasteiger partial charge >= 0.3 is 5.97 Å². The largest absolute Gasteiger partial charge is 0.458 e. The molecule has 5 fully saturated rings. The Bertz CT molecular complexity index is 985. The van der Waals surface area contributed by atoms with Crippen LogP contribution in [0, 0.1) is 34.5 Å². The third-order valence-corrected chi connectivity index (χ3v) is 12.1. The lowest BCUT2D eigenvalue weighted by Crippen LogP contribution is -2.69. The van der Waals surface area contributed by atoms with Crippen molar-refractivity contribution in [2.24, 2.45) is 34.5 Å². The summed E-state index contributed by atoms with van der Waals surface area (Å²) >= 11 is 0. The first-order chi connectivity index (χ1) is 17.9. The molecule has 0 aromatic rings. The summed E-state index contributed by atoms with van der Waals surface area (Å²) in [5, 5.41) is 54.3. The fraction of sp³-hybridized carbons (Fsp3) is 0.897. The summed E-state index contributed by atoms with van der Waals surface area (Å²) in [5.41, 5.74) is -0.631. The minimum absolute atomic E-state index is 0.0589. The van der Waals surface area contributed by atoms with Gasteiger partial charge in [-0.15, -0.1) is 0 Å². The van der Waals surface area contributed by atoms with Crippen LogP contribution in [-0.4, -0.2) is 86.6 Å². The van der Waals surface area contributed by atoms with Crippen molar-refractivity contribution >= 4 is 5.97 Å². The quantitative estimate of drug-likeness (QED) is 0.267. The van der Waals surface area contributed by atoms with E-state index in [1.165, 1.54) is 0 Å². The van der Waals surface area contributed by atoms with Gasteiger partial charge in [0.25, 0.3) is 0 Å². The SMILES string of the molecule is C[C@H]1O[C@@H](O[C@@H]2CC[C@]3(C)[C@H]4CC[C@]5(C)[C@@H](C6=CC(=O)OC6)CC[C@H]5[C@@H]4C[C@H](O)[C@]3(O)C2)[C@@H](O)[C@@H](O)[C@@H]1O. The minimum atomic E-state index is -1.40. The van der Waals surface area contributed by atoms with Crippen LogP contribution in [0.1, 0.15) is 72.1 Å². The van der Waals surface area contributed by atoms with E-state index in [1.54, 1.807) is 13.0 Å². The van der Waals surface area contributed by atoms with E-state index >= 15 is 0 Å². The molecule has 9 heteroatoms. The number of carbonyl (C=O) groups is 1. The number of rotatable bonds is 3. The zero-order chi connectivity index (χ0) is 27.2. The molecule has 0 unspecified atom stereocenters. The molecule has 38 heavy (non-hydrogen) atoms. The van der Waals surface area contributed by atoms with Gasteiger partial charge in [0.1, 0.15) is 24.9 Å². The summed E-state index contributed by atoms with van der Waals surface area (Å²) in [6.45, 7) is 6.51. The number of aliphatic hydroxyl groups excluding tert-OH is 4. The summed E-state index contributed by atoms with van der Waals surface area (Å²) < 4.78 is 17.0. The van der Waals surface area contributed by atoms with Crippen molar-refractivity contribution in [3.63, 3.8) is 0 Å². The van der Waals surface area contributed by atoms with Crippen molar-refractivity contribution in [3.8, 4) is 0 Å². The minimum Gasteiger partial charge on any atom is -0.458 e. The van der Waals surface area contributed by atoms with Gasteiger partial charge in [0, 0.05) is 17.9 Å². The van der Waals surface area contributed by atoms with Crippen LogP contribution in [0.2, 0.25) is 0 Å². The molecule has 9 nitrogen and oxygen atoms in total. The van der Waals surface area contributed by atoms with Crippen LogP contribution < -0.4 is 0 Å². The van der Waals surface area contributed by atoms with Crippen LogP contribution in [0.25, 0.3) is 0 Å². The predicted molar refractivity (Wildman–Crippen MR) is 134 cm³/mol. The van der Waals surface area contributed by atoms with E-state index in [4.69, 9.17) is 14.2 Å². The number of cyclic esters (lactones) is 1. The third kappa shape index (κ3) is 3.80. The molecule has 214 valence electrons. The van der Waals surface area contributed by atoms with Crippen molar-refractivity contribution in [2.75, 3.05) is 6.61 Å². The Morgan fingerprint density at radius 3 is 2.45 bits per heavy atom. The first kappa shape index (κ1) is 27.1. The second kappa shape index (κ2) is 9.23. The van der Waals surface area contributed by atoms with Crippen LogP contribution in [-0.2, 0) is 19.0 Å². The Hall–Kier alpha value is -1.07. The molecule has 0 spiro atoms. The van der Waals surface area contributed by atoms with Crippen LogP contribution in [0.15, 0.2) is 11.6 Å². The van der Waals surface area contributed by atoms with Gasteiger partial charge in [-0.05, 0) is 86.5 Å². The Kier molecular flexibility index (Phi) is 6.58. The molecule has 5 N–H and O–H groups in total. The molecule has 2 aliphatic heterocycles. The van der Waals surface area contributed by atoms with Gasteiger partial charge in [-0.2, -0.15) is 0 Å². The number of aliphatic hydroxyl groups is 5. The number of hydrogen-bond donors (Lipinski definition) is 5. The molecular formula is C29H44O9. The summed E-state index contributed by atoms with van der Waals surface area (Å²) in [6.07, 6.45) is 0.718. The molecule has 0 bridgehead atoms. The topological polar surface area (TPSA) is 146 Å². The van der Waals surface area contributed by atoms with Gasteiger partial charge in [0.2, 0.25) is 0 Å². The average Bonchev–Trinajstić information content (AvgIpc) is 3.45. The predicted octanol–water partition coefficient (Wildman–Crippen LogP) is 1.43. The van der Waals surface area contributed by atoms with Crippen LogP contribution >= 0.6 is 0 Å². The molecule has 0 amide bonds. The summed E-state index contributed by atoms with van der Waals surface area (Å²) in [4.78, 5) is 11.8. The Morgan fingerprint density at radius 1 is 0.974 bits per heavy atom. The van der Waals surface area contributed by atoms with Crippen molar-refractivity contribution in [1.29, 1.82) is 0 Å². The van der Waals surface area contributed by atoms with Crippen LogP contribution in [0.4, 0.5) is 0 Å². The summed E-state index contributed by atoms with van der Waals surface area (Å²) in [7, 11) is 0. The van der Waals surface area contributed by atoms with Gasteiger partial charge in [-0.3, -0.25) is 0 Å². The third-order valence-electron chi connectivity index (χ3n) is 12.1. The maximum Gasteiger partial charge on any atom is 0.331 e. The smallest absolute Gasteiger partial charge is 0.331 e. The van der Waals surface area contributed by atoms with E-state index in [9.17, 15) is 30.3 Å². The van der Waals surface area contributed by atoms with E-state index in [0.29, 0.717) is 43.6 Å². The standard InChI is InChI=1S/C29H44O9/c1-14-23(32)24(33)25(34)26(37-14)38-16-6-9-28(3)20-7-8-27(2)18(15-10-22(31)36-13-15)4-5-19(27)17(20)11-21(30)29(28,35)12-16/h10,14,16-21,23-26,30,32-35H,4-9,11-13H2,1-3H3/t14-,16-,17+,18-,19+,20+,21+,23-,24+,25+,26+,27-,28-,29-/m1/s1. The maximum absolute atomic E-state index is 12.1. The number of ether oxygens (including phenoxy) is 3. The summed E-state index contributed by atoms with van der Waals surface area (Å²) in [6, 6.07) is 0. The zero-order valence-electron chi connectivity index (χ0n) is 22.7. The maximum atomic E-state index is 12.1. The fourth-order valence-corrected chi connectivity index (χ4v) is 9.87. The van der Waals surface area contributed by atoms with Gasteiger partial charge in [0.05, 0.1) is 23.9 Å². The highest BCUT2D eigenvalue weighted by Gasteiger charge is 2.68. The first-order valence-electron chi connectivity index (χ1n) is 14.5. The zero-order valence-corrected chi connectivity index (χ0v) is 22.7. The van der Waals surface area contributed by atoms with Crippen molar-refractivity contribution in [1.82, 2.24) is 0 Å². The molecular weight excluding hydrogens is 492 g/mol. The van der Waals surface area contributed by atoms with E-state index in [0.717, 1.165) is 31.3 Å². The molecule has 4 aliphatic carbocycles. The average molecular weight is 537 g/mol. The lowest BCUT2D eigenvalue weighted by molar-refractivity contribution is -0.323. The van der Waals surface area contributed by atoms with E-state index < -0.39 is 53.9 Å². The second-order valence-electron chi connectivity index (χ2n) is 13.7. The molecule has 6 aliphatic rings. The molecule has 2 heterocycles. The highest BCUT2D eigenvalue weighted by molar-refractivity contribution is 5.85. The lowest BCUT2D eigenvalue weighted by Gasteiger charge is -2.65. The van der Waals surface area contributed by atoms with E-state index in [1.807, 2.05) is 0 Å². The van der Waals surface area contributed by atoms with Gasteiger partial charge in [0.15, 0.2) is 6.29 Å². The number of esters is 1. The number of carbonyl (C=O) groups excluding carboxylic acids is 1. The number of fused-ring (bicyclic) bond motifs is 5.